The van der Waals surface area contributed by atoms with Crippen LogP contribution in [0.15, 0.2) is 16.0 Å². The van der Waals surface area contributed by atoms with Crippen LogP contribution in [0.1, 0.15) is 77.5 Å². The Morgan fingerprint density at radius 1 is 1.30 bits per heavy atom. The van der Waals surface area contributed by atoms with Crippen molar-refractivity contribution >= 4 is 32.3 Å². The van der Waals surface area contributed by atoms with Gasteiger partial charge in [-0.05, 0) is 47.0 Å². The van der Waals surface area contributed by atoms with E-state index < -0.39 is 14.6 Å². The predicted octanol–water partition coefficient (Wildman–Crippen LogP) is 4.14. The molecule has 2 rings (SSSR count). The minimum atomic E-state index is -1.13. The topological polar surface area (TPSA) is 130 Å². The number of ketones is 1. The molecule has 208 valence electrons. The number of carbonyl (C=O) groups excluding carboxylic acids is 2. The summed E-state index contributed by atoms with van der Waals surface area (Å²) in [5.74, 6) is 0.234. The van der Waals surface area contributed by atoms with Gasteiger partial charge in [-0.2, -0.15) is 4.98 Å². The molecule has 1 aliphatic heterocycles. The van der Waals surface area contributed by atoms with Crippen LogP contribution in [0, 0.1) is 6.92 Å². The van der Waals surface area contributed by atoms with Gasteiger partial charge in [0.15, 0.2) is 6.40 Å². The lowest BCUT2D eigenvalue weighted by atomic mass is 10.2. The molecule has 0 aliphatic carbocycles. The molecule has 0 saturated carbocycles. The van der Waals surface area contributed by atoms with Gasteiger partial charge in [-0.1, -0.05) is 6.42 Å². The molecule has 37 heavy (non-hydrogen) atoms. The predicted molar refractivity (Wildman–Crippen MR) is 143 cm³/mol. The molecule has 11 nitrogen and oxygen atoms in total. The Morgan fingerprint density at radius 3 is 2.78 bits per heavy atom. The third-order valence-electron chi connectivity index (χ3n) is 5.82. The van der Waals surface area contributed by atoms with E-state index >= 15 is 0 Å². The summed E-state index contributed by atoms with van der Waals surface area (Å²) in [7, 11) is -1.13. The second-order valence-corrected chi connectivity index (χ2v) is 10.4. The number of hydrogen-bond donors (Lipinski definition) is 1. The standard InChI is InChI=1S/C25H41N4O7P/c1-6-26-17-34-37(5)36-21-15-22(35-20(21)4)29-16-18(2)24(28-25(29)32)27-13-9-7-8-10-14-33-23(31)12-11-19(3)30/h16-17,20-22H,6-15H2,1-5H3,(H,27,28,32). The number of unbranched alkanes of at least 4 members (excludes halogenated alkanes) is 3. The molecule has 2 heterocycles. The quantitative estimate of drug-likeness (QED) is 0.102. The lowest BCUT2D eigenvalue weighted by Crippen LogP contribution is -2.28. The largest absolute Gasteiger partial charge is 0.466 e. The Morgan fingerprint density at radius 2 is 2.05 bits per heavy atom. The van der Waals surface area contributed by atoms with E-state index in [-0.39, 0.29) is 42.5 Å². The molecule has 1 fully saturated rings. The van der Waals surface area contributed by atoms with Crippen molar-refractivity contribution < 1.29 is 28.1 Å². The molecular formula is C25H41N4O7P. The van der Waals surface area contributed by atoms with Crippen LogP contribution in [0.25, 0.3) is 0 Å². The van der Waals surface area contributed by atoms with Gasteiger partial charge in [0.25, 0.3) is 0 Å². The van der Waals surface area contributed by atoms with Crippen molar-refractivity contribution in [1.82, 2.24) is 9.55 Å². The molecule has 1 N–H and O–H groups in total. The number of esters is 1. The van der Waals surface area contributed by atoms with Gasteiger partial charge in [0.2, 0.25) is 8.38 Å². The Balaban J connectivity index is 1.73. The highest BCUT2D eigenvalue weighted by molar-refractivity contribution is 7.46. The summed E-state index contributed by atoms with van der Waals surface area (Å²) in [6.07, 6.45) is 6.84. The van der Waals surface area contributed by atoms with E-state index in [1.165, 1.54) is 17.9 Å². The Labute approximate surface area is 220 Å². The molecule has 0 amide bonds. The summed E-state index contributed by atoms with van der Waals surface area (Å²) in [5, 5.41) is 3.24. The first-order valence-corrected chi connectivity index (χ1v) is 14.5. The van der Waals surface area contributed by atoms with Gasteiger partial charge in [0.05, 0.1) is 25.2 Å². The minimum absolute atomic E-state index is 0.0123. The van der Waals surface area contributed by atoms with Crippen LogP contribution in [-0.2, 0) is 28.1 Å². The van der Waals surface area contributed by atoms with Crippen molar-refractivity contribution in [3.05, 3.63) is 22.2 Å². The molecule has 0 bridgehead atoms. The highest BCUT2D eigenvalue weighted by atomic mass is 31.2. The number of carbonyl (C=O) groups is 2. The lowest BCUT2D eigenvalue weighted by molar-refractivity contribution is -0.144. The van der Waals surface area contributed by atoms with E-state index in [0.29, 0.717) is 31.9 Å². The third kappa shape index (κ3) is 11.3. The molecule has 4 unspecified atom stereocenters. The van der Waals surface area contributed by atoms with Gasteiger partial charge in [0, 0.05) is 44.4 Å². The van der Waals surface area contributed by atoms with Crippen molar-refractivity contribution in [1.29, 1.82) is 0 Å². The van der Waals surface area contributed by atoms with Crippen LogP contribution in [-0.4, -0.2) is 66.3 Å². The molecule has 12 heteroatoms. The maximum absolute atomic E-state index is 12.7. The molecule has 0 spiro atoms. The molecular weight excluding hydrogens is 499 g/mol. The van der Waals surface area contributed by atoms with E-state index in [1.54, 1.807) is 6.20 Å². The van der Waals surface area contributed by atoms with Crippen LogP contribution in [0.3, 0.4) is 0 Å². The van der Waals surface area contributed by atoms with E-state index in [1.807, 2.05) is 27.4 Å². The van der Waals surface area contributed by atoms with E-state index in [9.17, 15) is 14.4 Å². The van der Waals surface area contributed by atoms with E-state index in [2.05, 4.69) is 15.3 Å². The number of Topliss-reactive ketones (excluding diaryl/α,β-unsaturated/α-hetero) is 1. The van der Waals surface area contributed by atoms with Crippen molar-refractivity contribution in [2.45, 2.75) is 91.1 Å². The first-order valence-electron chi connectivity index (χ1n) is 12.9. The molecule has 1 saturated heterocycles. The number of anilines is 1. The summed E-state index contributed by atoms with van der Waals surface area (Å²) in [5.41, 5.74) is 0.483. The number of aromatic nitrogens is 2. The average molecular weight is 541 g/mol. The zero-order valence-corrected chi connectivity index (χ0v) is 23.5. The Kier molecular flexibility index (Phi) is 13.7. The maximum atomic E-state index is 12.7. The maximum Gasteiger partial charge on any atom is 0.351 e. The lowest BCUT2D eigenvalue weighted by Gasteiger charge is -2.18. The van der Waals surface area contributed by atoms with Gasteiger partial charge < -0.3 is 28.6 Å². The van der Waals surface area contributed by atoms with Crippen LogP contribution in [0.5, 0.6) is 0 Å². The second-order valence-electron chi connectivity index (χ2n) is 9.05. The number of aryl methyl sites for hydroxylation is 1. The van der Waals surface area contributed by atoms with Crippen LogP contribution in [0.4, 0.5) is 5.82 Å². The summed E-state index contributed by atoms with van der Waals surface area (Å²) < 4.78 is 24.1. The van der Waals surface area contributed by atoms with Crippen LogP contribution in [0.2, 0.25) is 0 Å². The second kappa shape index (κ2) is 16.5. The molecule has 0 radical (unpaired) electrons. The minimum Gasteiger partial charge on any atom is -0.466 e. The monoisotopic (exact) mass is 540 g/mol. The Bertz CT molecular complexity index is 955. The summed E-state index contributed by atoms with van der Waals surface area (Å²) >= 11 is 0. The van der Waals surface area contributed by atoms with Crippen molar-refractivity contribution in [3.63, 3.8) is 0 Å². The Hall–Kier alpha value is -2.36. The number of hydrogen-bond acceptors (Lipinski definition) is 10. The SMILES string of the molecule is CCN=COP(C)OC1CC(n2cc(C)c(NCCCCCCOC(=O)CCC(C)=O)nc2=O)OC1C. The number of aliphatic imine (C=N–C) groups is 1. The van der Waals surface area contributed by atoms with Crippen LogP contribution >= 0.6 is 8.38 Å². The van der Waals surface area contributed by atoms with Gasteiger partial charge in [-0.3, -0.25) is 14.4 Å². The number of ether oxygens (including phenoxy) is 2. The van der Waals surface area contributed by atoms with Crippen molar-refractivity contribution in [2.75, 3.05) is 31.7 Å². The highest BCUT2D eigenvalue weighted by Crippen LogP contribution is 2.41. The van der Waals surface area contributed by atoms with Crippen LogP contribution < -0.4 is 11.0 Å². The van der Waals surface area contributed by atoms with Gasteiger partial charge >= 0.3 is 11.7 Å². The average Bonchev–Trinajstić information content (AvgIpc) is 3.20. The van der Waals surface area contributed by atoms with Gasteiger partial charge in [-0.25, -0.2) is 4.79 Å². The fourth-order valence-corrected chi connectivity index (χ4v) is 4.64. The van der Waals surface area contributed by atoms with Gasteiger partial charge in [0.1, 0.15) is 17.8 Å². The zero-order chi connectivity index (χ0) is 27.2. The van der Waals surface area contributed by atoms with Gasteiger partial charge in [-0.15, -0.1) is 0 Å². The molecule has 0 aromatic carbocycles. The first-order chi connectivity index (χ1) is 17.7. The number of rotatable bonds is 17. The van der Waals surface area contributed by atoms with Crippen molar-refractivity contribution in [3.8, 4) is 0 Å². The van der Waals surface area contributed by atoms with Crippen molar-refractivity contribution in [2.24, 2.45) is 4.99 Å². The van der Waals surface area contributed by atoms with E-state index in [0.717, 1.165) is 31.2 Å². The highest BCUT2D eigenvalue weighted by Gasteiger charge is 2.36. The summed E-state index contributed by atoms with van der Waals surface area (Å²) in [6.45, 7) is 10.8. The summed E-state index contributed by atoms with van der Waals surface area (Å²) in [6, 6.07) is 0. The first kappa shape index (κ1) is 30.9. The fraction of sp³-hybridized carbons (Fsp3) is 0.720. The molecule has 4 atom stereocenters. The fourth-order valence-electron chi connectivity index (χ4n) is 3.75. The third-order valence-corrected chi connectivity index (χ3v) is 6.78. The number of nitrogens with one attached hydrogen (secondary N) is 1. The molecule has 1 aliphatic rings. The summed E-state index contributed by atoms with van der Waals surface area (Å²) in [4.78, 5) is 43.4. The smallest absolute Gasteiger partial charge is 0.351 e. The zero-order valence-electron chi connectivity index (χ0n) is 22.6. The van der Waals surface area contributed by atoms with E-state index in [4.69, 9.17) is 18.5 Å². The number of nitrogens with zero attached hydrogens (tertiary/aromatic N) is 3. The normalized spacial score (nSPS) is 20.2. The molecule has 1 aromatic heterocycles. The molecule has 1 aromatic rings.